The Balaban J connectivity index is 2.11. The van der Waals surface area contributed by atoms with Crippen LogP contribution in [0.3, 0.4) is 0 Å². The molecular weight excluding hydrogens is 252 g/mol. The van der Waals surface area contributed by atoms with E-state index >= 15 is 0 Å². The number of aromatic nitrogens is 3. The third-order valence-corrected chi connectivity index (χ3v) is 4.06. The highest BCUT2D eigenvalue weighted by atomic mass is 32.2. The predicted octanol–water partition coefficient (Wildman–Crippen LogP) is 2.52. The molecule has 7 heteroatoms. The van der Waals surface area contributed by atoms with E-state index in [0.717, 1.165) is 16.5 Å². The van der Waals surface area contributed by atoms with E-state index in [2.05, 4.69) is 17.1 Å². The minimum atomic E-state index is -0.400. The van der Waals surface area contributed by atoms with E-state index in [9.17, 15) is 10.1 Å². The maximum Gasteiger partial charge on any atom is 0.270 e. The van der Waals surface area contributed by atoms with Crippen LogP contribution < -0.4 is 0 Å². The Hall–Kier alpha value is -1.89. The van der Waals surface area contributed by atoms with Gasteiger partial charge in [0.25, 0.3) is 5.69 Å². The number of benzene rings is 1. The zero-order valence-corrected chi connectivity index (χ0v) is 10.4. The second-order valence-electron chi connectivity index (χ2n) is 4.14. The average Bonchev–Trinajstić information content (AvgIpc) is 2.93. The van der Waals surface area contributed by atoms with E-state index in [1.54, 1.807) is 17.8 Å². The van der Waals surface area contributed by atoms with Crippen LogP contribution in [0.5, 0.6) is 0 Å². The van der Waals surface area contributed by atoms with Crippen LogP contribution in [0.25, 0.3) is 11.4 Å². The summed E-state index contributed by atoms with van der Waals surface area (Å²) in [6, 6.07) is 6.81. The van der Waals surface area contributed by atoms with Crippen molar-refractivity contribution in [2.24, 2.45) is 0 Å². The van der Waals surface area contributed by atoms with Crippen LogP contribution in [0.2, 0.25) is 0 Å². The van der Waals surface area contributed by atoms with Crippen molar-refractivity contribution in [1.29, 1.82) is 0 Å². The van der Waals surface area contributed by atoms with Crippen molar-refractivity contribution in [2.75, 3.05) is 5.75 Å². The van der Waals surface area contributed by atoms with E-state index in [4.69, 9.17) is 0 Å². The van der Waals surface area contributed by atoms with Crippen LogP contribution in [-0.2, 0) is 0 Å². The summed E-state index contributed by atoms with van der Waals surface area (Å²) in [5.41, 5.74) is 0.806. The van der Waals surface area contributed by atoms with Gasteiger partial charge in [-0.1, -0.05) is 23.9 Å². The van der Waals surface area contributed by atoms with Crippen molar-refractivity contribution < 1.29 is 4.92 Å². The van der Waals surface area contributed by atoms with Crippen molar-refractivity contribution in [1.82, 2.24) is 14.8 Å². The zero-order chi connectivity index (χ0) is 12.7. The Morgan fingerprint density at radius 2 is 2.33 bits per heavy atom. The summed E-state index contributed by atoms with van der Waals surface area (Å²) < 4.78 is 2.03. The lowest BCUT2D eigenvalue weighted by Crippen LogP contribution is -2.04. The minimum absolute atomic E-state index is 0.0724. The van der Waals surface area contributed by atoms with E-state index in [0.29, 0.717) is 11.9 Å². The van der Waals surface area contributed by atoms with Gasteiger partial charge in [0.2, 0.25) is 0 Å². The zero-order valence-electron chi connectivity index (χ0n) is 9.61. The van der Waals surface area contributed by atoms with Crippen LogP contribution in [0, 0.1) is 10.1 Å². The normalized spacial score (nSPS) is 17.7. The molecule has 1 atom stereocenters. The van der Waals surface area contributed by atoms with Crippen molar-refractivity contribution in [3.05, 3.63) is 34.4 Å². The monoisotopic (exact) mass is 262 g/mol. The number of nitro groups is 1. The molecule has 0 N–H and O–H groups in total. The molecule has 1 unspecified atom stereocenters. The topological polar surface area (TPSA) is 73.8 Å². The van der Waals surface area contributed by atoms with Crippen molar-refractivity contribution in [2.45, 2.75) is 18.1 Å². The molecule has 2 heterocycles. The smallest absolute Gasteiger partial charge is 0.270 e. The fourth-order valence-corrected chi connectivity index (χ4v) is 3.04. The molecule has 1 aliphatic rings. The molecule has 6 nitrogen and oxygen atoms in total. The summed E-state index contributed by atoms with van der Waals surface area (Å²) in [6.45, 7) is 2.09. The van der Waals surface area contributed by atoms with Gasteiger partial charge in [-0.15, -0.1) is 10.2 Å². The van der Waals surface area contributed by atoms with Crippen LogP contribution in [-0.4, -0.2) is 25.4 Å². The Labute approximate surface area is 107 Å². The molecule has 0 saturated carbocycles. The van der Waals surface area contributed by atoms with E-state index < -0.39 is 4.92 Å². The standard InChI is InChI=1S/C11H10N4O2S/c1-7-6-18-11-13-12-10(14(7)11)8-3-2-4-9(5-8)15(16)17/h2-5,7H,6H2,1H3. The first-order valence-corrected chi connectivity index (χ1v) is 6.48. The van der Waals surface area contributed by atoms with Gasteiger partial charge in [0.05, 0.1) is 4.92 Å². The van der Waals surface area contributed by atoms with Crippen molar-refractivity contribution >= 4 is 17.4 Å². The number of fused-ring (bicyclic) bond motifs is 1. The Morgan fingerprint density at radius 3 is 3.11 bits per heavy atom. The molecule has 0 bridgehead atoms. The SMILES string of the molecule is CC1CSc2nnc(-c3cccc([N+](=O)[O-])c3)n21. The molecular formula is C11H10N4O2S. The highest BCUT2D eigenvalue weighted by Crippen LogP contribution is 2.36. The molecule has 0 saturated heterocycles. The fraction of sp³-hybridized carbons (Fsp3) is 0.273. The van der Waals surface area contributed by atoms with Gasteiger partial charge in [-0.2, -0.15) is 0 Å². The molecule has 2 aromatic rings. The van der Waals surface area contributed by atoms with E-state index in [1.165, 1.54) is 12.1 Å². The summed E-state index contributed by atoms with van der Waals surface area (Å²) in [4.78, 5) is 10.4. The fourth-order valence-electron chi connectivity index (χ4n) is 2.00. The minimum Gasteiger partial charge on any atom is -0.298 e. The molecule has 92 valence electrons. The number of nitrogens with zero attached hydrogens (tertiary/aromatic N) is 4. The van der Waals surface area contributed by atoms with Crippen LogP contribution in [0.1, 0.15) is 13.0 Å². The highest BCUT2D eigenvalue weighted by molar-refractivity contribution is 7.99. The first-order chi connectivity index (χ1) is 8.66. The first-order valence-electron chi connectivity index (χ1n) is 5.49. The molecule has 1 aliphatic heterocycles. The van der Waals surface area contributed by atoms with Gasteiger partial charge in [0.15, 0.2) is 11.0 Å². The lowest BCUT2D eigenvalue weighted by Gasteiger charge is -2.08. The molecule has 1 aromatic carbocycles. The number of nitro benzene ring substituents is 1. The predicted molar refractivity (Wildman–Crippen MR) is 67.5 cm³/mol. The van der Waals surface area contributed by atoms with Gasteiger partial charge < -0.3 is 0 Å². The maximum absolute atomic E-state index is 10.8. The van der Waals surface area contributed by atoms with Crippen LogP contribution in [0.4, 0.5) is 5.69 Å². The van der Waals surface area contributed by atoms with Gasteiger partial charge in [0, 0.05) is 29.5 Å². The number of non-ortho nitro benzene ring substituents is 1. The number of rotatable bonds is 2. The van der Waals surface area contributed by atoms with Gasteiger partial charge in [-0.25, -0.2) is 0 Å². The number of hydrogen-bond donors (Lipinski definition) is 0. The van der Waals surface area contributed by atoms with E-state index in [-0.39, 0.29) is 5.69 Å². The van der Waals surface area contributed by atoms with E-state index in [1.807, 2.05) is 10.6 Å². The molecule has 0 radical (unpaired) electrons. The molecule has 0 amide bonds. The molecule has 0 aliphatic carbocycles. The number of thioether (sulfide) groups is 1. The third kappa shape index (κ3) is 1.67. The molecule has 18 heavy (non-hydrogen) atoms. The van der Waals surface area contributed by atoms with Gasteiger partial charge in [0.1, 0.15) is 0 Å². The lowest BCUT2D eigenvalue weighted by atomic mass is 10.2. The molecule has 0 spiro atoms. The Kier molecular flexibility index (Phi) is 2.55. The first kappa shape index (κ1) is 11.2. The van der Waals surface area contributed by atoms with Gasteiger partial charge in [-0.05, 0) is 6.92 Å². The van der Waals surface area contributed by atoms with Crippen molar-refractivity contribution in [3.63, 3.8) is 0 Å². The molecule has 1 aromatic heterocycles. The summed E-state index contributed by atoms with van der Waals surface area (Å²) in [5, 5.41) is 19.9. The maximum atomic E-state index is 10.8. The third-order valence-electron chi connectivity index (χ3n) is 2.87. The van der Waals surface area contributed by atoms with Crippen molar-refractivity contribution in [3.8, 4) is 11.4 Å². The van der Waals surface area contributed by atoms with Gasteiger partial charge >= 0.3 is 0 Å². The molecule has 0 fully saturated rings. The second-order valence-corrected chi connectivity index (χ2v) is 5.13. The number of hydrogen-bond acceptors (Lipinski definition) is 5. The molecule has 3 rings (SSSR count). The second kappa shape index (κ2) is 4.09. The van der Waals surface area contributed by atoms with Crippen LogP contribution in [0.15, 0.2) is 29.4 Å². The highest BCUT2D eigenvalue weighted by Gasteiger charge is 2.25. The van der Waals surface area contributed by atoms with Crippen LogP contribution >= 0.6 is 11.8 Å². The summed E-state index contributed by atoms with van der Waals surface area (Å²) in [5.74, 6) is 1.67. The van der Waals surface area contributed by atoms with Gasteiger partial charge in [-0.3, -0.25) is 14.7 Å². The Morgan fingerprint density at radius 1 is 1.50 bits per heavy atom. The Bertz CT molecular complexity index is 625. The summed E-state index contributed by atoms with van der Waals surface area (Å²) in [6.07, 6.45) is 0. The summed E-state index contributed by atoms with van der Waals surface area (Å²) in [7, 11) is 0. The quantitative estimate of drug-likeness (QED) is 0.614. The summed E-state index contributed by atoms with van der Waals surface area (Å²) >= 11 is 1.66. The average molecular weight is 262 g/mol. The largest absolute Gasteiger partial charge is 0.298 e. The lowest BCUT2D eigenvalue weighted by molar-refractivity contribution is -0.384.